The van der Waals surface area contributed by atoms with Gasteiger partial charge in [-0.25, -0.2) is 0 Å². The normalized spacial score (nSPS) is 10.8. The van der Waals surface area contributed by atoms with Gasteiger partial charge in [-0.05, 0) is 24.7 Å². The summed E-state index contributed by atoms with van der Waals surface area (Å²) >= 11 is 0. The van der Waals surface area contributed by atoms with Gasteiger partial charge in [-0.3, -0.25) is 9.69 Å². The molecule has 2 aromatic rings. The predicted octanol–water partition coefficient (Wildman–Crippen LogP) is 2.03. The first-order chi connectivity index (χ1) is 10.5. The van der Waals surface area contributed by atoms with Crippen LogP contribution in [0.1, 0.15) is 11.1 Å². The predicted molar refractivity (Wildman–Crippen MR) is 86.4 cm³/mol. The zero-order valence-electron chi connectivity index (χ0n) is 13.5. The van der Waals surface area contributed by atoms with Crippen LogP contribution in [0.3, 0.4) is 0 Å². The highest BCUT2D eigenvalue weighted by Gasteiger charge is 2.11. The van der Waals surface area contributed by atoms with E-state index in [4.69, 9.17) is 9.47 Å². The second-order valence-electron chi connectivity index (χ2n) is 5.31. The molecule has 1 aromatic heterocycles. The van der Waals surface area contributed by atoms with Crippen LogP contribution in [-0.4, -0.2) is 30.7 Å². The summed E-state index contributed by atoms with van der Waals surface area (Å²) in [5.74, 6) is 1.47. The maximum absolute atomic E-state index is 11.7. The van der Waals surface area contributed by atoms with Gasteiger partial charge in [0.1, 0.15) is 0 Å². The number of pyridine rings is 1. The third-order valence-corrected chi connectivity index (χ3v) is 3.55. The number of hydrogen-bond donors (Lipinski definition) is 0. The Morgan fingerprint density at radius 2 is 1.91 bits per heavy atom. The lowest BCUT2D eigenvalue weighted by molar-refractivity contribution is 0.303. The Morgan fingerprint density at radius 1 is 1.14 bits per heavy atom. The minimum absolute atomic E-state index is 0.00450. The van der Waals surface area contributed by atoms with Gasteiger partial charge < -0.3 is 14.0 Å². The van der Waals surface area contributed by atoms with Crippen LogP contribution in [0.5, 0.6) is 11.5 Å². The van der Waals surface area contributed by atoms with E-state index in [1.165, 1.54) is 0 Å². The molecule has 5 nitrogen and oxygen atoms in total. The van der Waals surface area contributed by atoms with Gasteiger partial charge >= 0.3 is 0 Å². The van der Waals surface area contributed by atoms with Gasteiger partial charge in [0.15, 0.2) is 11.5 Å². The molecule has 2 rings (SSSR count). The van der Waals surface area contributed by atoms with Gasteiger partial charge in [0, 0.05) is 38.0 Å². The summed E-state index contributed by atoms with van der Waals surface area (Å²) in [5, 5.41) is 0. The van der Waals surface area contributed by atoms with Crippen LogP contribution in [0.2, 0.25) is 0 Å². The smallest absolute Gasteiger partial charge is 0.250 e. The van der Waals surface area contributed by atoms with Crippen molar-refractivity contribution in [1.29, 1.82) is 0 Å². The molecule has 0 saturated carbocycles. The summed E-state index contributed by atoms with van der Waals surface area (Å²) in [6, 6.07) is 9.47. The standard InChI is InChI=1S/C17H22N2O3/c1-18(11-13-8-9-19(2)16(20)10-13)12-14-6-5-7-15(21-3)17(14)22-4/h5-10H,11-12H2,1-4H3. The monoisotopic (exact) mass is 302 g/mol. The number of aryl methyl sites for hydroxylation is 1. The molecule has 0 fully saturated rings. The van der Waals surface area contributed by atoms with E-state index < -0.39 is 0 Å². The number of benzene rings is 1. The summed E-state index contributed by atoms with van der Waals surface area (Å²) in [7, 11) is 7.03. The molecular weight excluding hydrogens is 280 g/mol. The summed E-state index contributed by atoms with van der Waals surface area (Å²) in [5.41, 5.74) is 2.05. The molecule has 0 unspecified atom stereocenters. The second-order valence-corrected chi connectivity index (χ2v) is 5.31. The molecule has 0 bridgehead atoms. The zero-order valence-corrected chi connectivity index (χ0v) is 13.5. The number of para-hydroxylation sites is 1. The van der Waals surface area contributed by atoms with Gasteiger partial charge in [-0.2, -0.15) is 0 Å². The van der Waals surface area contributed by atoms with E-state index in [0.29, 0.717) is 13.1 Å². The van der Waals surface area contributed by atoms with Crippen molar-refractivity contribution >= 4 is 0 Å². The van der Waals surface area contributed by atoms with E-state index in [-0.39, 0.29) is 5.56 Å². The summed E-state index contributed by atoms with van der Waals surface area (Å²) in [6.45, 7) is 1.39. The number of hydrogen-bond acceptors (Lipinski definition) is 4. The highest BCUT2D eigenvalue weighted by atomic mass is 16.5. The third kappa shape index (κ3) is 3.68. The highest BCUT2D eigenvalue weighted by Crippen LogP contribution is 2.31. The van der Waals surface area contributed by atoms with E-state index in [9.17, 15) is 4.79 Å². The van der Waals surface area contributed by atoms with Gasteiger partial charge in [0.25, 0.3) is 5.56 Å². The number of methoxy groups -OCH3 is 2. The Kier molecular flexibility index (Phi) is 5.22. The topological polar surface area (TPSA) is 43.7 Å². The first-order valence-corrected chi connectivity index (χ1v) is 7.09. The molecule has 0 N–H and O–H groups in total. The minimum Gasteiger partial charge on any atom is -0.493 e. The summed E-state index contributed by atoms with van der Waals surface area (Å²) < 4.78 is 12.3. The maximum atomic E-state index is 11.7. The van der Waals surface area contributed by atoms with Crippen molar-refractivity contribution in [2.45, 2.75) is 13.1 Å². The fourth-order valence-corrected chi connectivity index (χ4v) is 2.42. The second kappa shape index (κ2) is 7.13. The van der Waals surface area contributed by atoms with Crippen LogP contribution in [-0.2, 0) is 20.1 Å². The molecular formula is C17H22N2O3. The average molecular weight is 302 g/mol. The van der Waals surface area contributed by atoms with Gasteiger partial charge in [0.05, 0.1) is 14.2 Å². The summed E-state index contributed by atoms with van der Waals surface area (Å²) in [6.07, 6.45) is 1.79. The number of ether oxygens (including phenoxy) is 2. The van der Waals surface area contributed by atoms with Crippen LogP contribution in [0, 0.1) is 0 Å². The quantitative estimate of drug-likeness (QED) is 0.819. The number of rotatable bonds is 6. The molecule has 0 aliphatic carbocycles. The Labute approximate surface area is 130 Å². The van der Waals surface area contributed by atoms with Crippen molar-refractivity contribution in [1.82, 2.24) is 9.47 Å². The fourth-order valence-electron chi connectivity index (χ4n) is 2.42. The molecule has 0 aliphatic heterocycles. The molecule has 1 aromatic carbocycles. The van der Waals surface area contributed by atoms with Crippen LogP contribution in [0.4, 0.5) is 0 Å². The average Bonchev–Trinajstić information content (AvgIpc) is 2.50. The molecule has 0 amide bonds. The van der Waals surface area contributed by atoms with Crippen molar-refractivity contribution in [3.63, 3.8) is 0 Å². The SMILES string of the molecule is COc1cccc(CN(C)Cc2ccn(C)c(=O)c2)c1OC. The van der Waals surface area contributed by atoms with Gasteiger partial charge in [-0.1, -0.05) is 12.1 Å². The van der Waals surface area contributed by atoms with Crippen molar-refractivity contribution in [3.8, 4) is 11.5 Å². The maximum Gasteiger partial charge on any atom is 0.250 e. The molecule has 0 saturated heterocycles. The molecule has 0 atom stereocenters. The zero-order chi connectivity index (χ0) is 16.1. The molecule has 0 radical (unpaired) electrons. The lowest BCUT2D eigenvalue weighted by atomic mass is 10.1. The lowest BCUT2D eigenvalue weighted by Crippen LogP contribution is -2.21. The van der Waals surface area contributed by atoms with E-state index in [1.54, 1.807) is 38.1 Å². The molecule has 0 aliphatic rings. The first-order valence-electron chi connectivity index (χ1n) is 7.09. The van der Waals surface area contributed by atoms with E-state index in [2.05, 4.69) is 4.90 Å². The van der Waals surface area contributed by atoms with E-state index >= 15 is 0 Å². The van der Waals surface area contributed by atoms with Crippen molar-refractivity contribution in [3.05, 3.63) is 58.0 Å². The largest absolute Gasteiger partial charge is 0.493 e. The molecule has 0 spiro atoms. The Bertz CT molecular complexity index is 695. The van der Waals surface area contributed by atoms with Crippen LogP contribution >= 0.6 is 0 Å². The van der Waals surface area contributed by atoms with Crippen LogP contribution in [0.15, 0.2) is 41.3 Å². The molecule has 1 heterocycles. The van der Waals surface area contributed by atoms with E-state index in [0.717, 1.165) is 22.6 Å². The molecule has 5 heteroatoms. The van der Waals surface area contributed by atoms with Crippen LogP contribution in [0.25, 0.3) is 0 Å². The first kappa shape index (κ1) is 16.1. The van der Waals surface area contributed by atoms with Crippen LogP contribution < -0.4 is 15.0 Å². The number of aromatic nitrogens is 1. The Morgan fingerprint density at radius 3 is 2.55 bits per heavy atom. The minimum atomic E-state index is 0.00450. The Hall–Kier alpha value is -2.27. The number of nitrogens with zero attached hydrogens (tertiary/aromatic N) is 2. The van der Waals surface area contributed by atoms with Crippen molar-refractivity contribution in [2.24, 2.45) is 7.05 Å². The molecule has 22 heavy (non-hydrogen) atoms. The van der Waals surface area contributed by atoms with Gasteiger partial charge in [-0.15, -0.1) is 0 Å². The summed E-state index contributed by atoms with van der Waals surface area (Å²) in [4.78, 5) is 13.8. The van der Waals surface area contributed by atoms with Crippen molar-refractivity contribution < 1.29 is 9.47 Å². The fraction of sp³-hybridized carbons (Fsp3) is 0.353. The molecule has 118 valence electrons. The van der Waals surface area contributed by atoms with Crippen molar-refractivity contribution in [2.75, 3.05) is 21.3 Å². The Balaban J connectivity index is 2.13. The lowest BCUT2D eigenvalue weighted by Gasteiger charge is -2.19. The highest BCUT2D eigenvalue weighted by molar-refractivity contribution is 5.46. The third-order valence-electron chi connectivity index (χ3n) is 3.55. The van der Waals surface area contributed by atoms with Gasteiger partial charge in [0.2, 0.25) is 0 Å². The van der Waals surface area contributed by atoms with E-state index in [1.807, 2.05) is 31.3 Å².